The number of thiophene rings is 1. The number of aromatic nitrogens is 3. The van der Waals surface area contributed by atoms with Gasteiger partial charge in [-0.2, -0.15) is 4.98 Å². The second kappa shape index (κ2) is 5.44. The summed E-state index contributed by atoms with van der Waals surface area (Å²) in [6, 6.07) is 2.76. The Morgan fingerprint density at radius 1 is 1.63 bits per heavy atom. The van der Waals surface area contributed by atoms with E-state index in [2.05, 4.69) is 20.5 Å². The molecule has 2 aromatic rings. The summed E-state index contributed by atoms with van der Waals surface area (Å²) in [5, 5.41) is 19.0. The van der Waals surface area contributed by atoms with E-state index in [0.717, 1.165) is 11.3 Å². The fourth-order valence-electron chi connectivity index (χ4n) is 1.21. The molecular formula is C9H9N5O4S. The number of aromatic amines is 1. The van der Waals surface area contributed by atoms with E-state index in [1.165, 1.54) is 12.1 Å². The standard InChI is InChI=1S/C9H9N5O4S/c1-2-18-9-11-8(12-13-9)10-7(15)5-3-4-6(19-5)14(16)17/h3-4H,2H2,1H3,(H2,10,11,12,13,15). The van der Waals surface area contributed by atoms with E-state index in [9.17, 15) is 14.9 Å². The van der Waals surface area contributed by atoms with Crippen molar-refractivity contribution >= 4 is 28.2 Å². The predicted molar refractivity (Wildman–Crippen MR) is 66.5 cm³/mol. The van der Waals surface area contributed by atoms with Crippen molar-refractivity contribution in [1.82, 2.24) is 15.2 Å². The lowest BCUT2D eigenvalue weighted by molar-refractivity contribution is -0.380. The molecule has 0 spiro atoms. The van der Waals surface area contributed by atoms with E-state index in [0.29, 0.717) is 6.61 Å². The van der Waals surface area contributed by atoms with Crippen LogP contribution in [-0.4, -0.2) is 32.6 Å². The largest absolute Gasteiger partial charge is 0.463 e. The zero-order valence-electron chi connectivity index (χ0n) is 9.74. The molecule has 9 nitrogen and oxygen atoms in total. The van der Waals surface area contributed by atoms with Gasteiger partial charge in [-0.25, -0.2) is 5.10 Å². The molecule has 0 radical (unpaired) electrons. The SMILES string of the molecule is CCOc1n[nH]c(NC(=O)c2ccc([N+](=O)[O-])s2)n1. The van der Waals surface area contributed by atoms with Gasteiger partial charge in [0.05, 0.1) is 16.4 Å². The van der Waals surface area contributed by atoms with Gasteiger partial charge in [-0.1, -0.05) is 11.3 Å². The predicted octanol–water partition coefficient (Wildman–Crippen LogP) is 1.43. The third-order valence-corrected chi connectivity index (χ3v) is 3.00. The quantitative estimate of drug-likeness (QED) is 0.632. The highest BCUT2D eigenvalue weighted by atomic mass is 32.1. The Bertz CT molecular complexity index is 607. The maximum atomic E-state index is 11.8. The second-order valence-electron chi connectivity index (χ2n) is 3.25. The fraction of sp³-hybridized carbons (Fsp3) is 0.222. The molecule has 2 N–H and O–H groups in total. The number of amides is 1. The Morgan fingerprint density at radius 3 is 3.05 bits per heavy atom. The Hall–Kier alpha value is -2.49. The molecule has 10 heteroatoms. The highest BCUT2D eigenvalue weighted by molar-refractivity contribution is 7.17. The number of H-pyrrole nitrogens is 1. The second-order valence-corrected chi connectivity index (χ2v) is 4.31. The Balaban J connectivity index is 2.04. The highest BCUT2D eigenvalue weighted by Crippen LogP contribution is 2.24. The van der Waals surface area contributed by atoms with Gasteiger partial charge >= 0.3 is 11.0 Å². The van der Waals surface area contributed by atoms with Crippen LogP contribution in [0.2, 0.25) is 0 Å². The van der Waals surface area contributed by atoms with Gasteiger partial charge in [-0.3, -0.25) is 20.2 Å². The first-order chi connectivity index (χ1) is 9.10. The lowest BCUT2D eigenvalue weighted by Gasteiger charge is -1.96. The first-order valence-electron chi connectivity index (χ1n) is 5.21. The number of carbonyl (C=O) groups excluding carboxylic acids is 1. The van der Waals surface area contributed by atoms with Crippen LogP contribution in [-0.2, 0) is 0 Å². The minimum Gasteiger partial charge on any atom is -0.463 e. The van der Waals surface area contributed by atoms with Crippen LogP contribution in [0.4, 0.5) is 10.9 Å². The molecule has 0 aliphatic rings. The van der Waals surface area contributed by atoms with Gasteiger partial charge in [0, 0.05) is 6.07 Å². The first kappa shape index (κ1) is 13.0. The average molecular weight is 283 g/mol. The van der Waals surface area contributed by atoms with E-state index < -0.39 is 10.8 Å². The van der Waals surface area contributed by atoms with Crippen LogP contribution in [0.1, 0.15) is 16.6 Å². The summed E-state index contributed by atoms with van der Waals surface area (Å²) in [5.41, 5.74) is 0. The van der Waals surface area contributed by atoms with E-state index in [-0.39, 0.29) is 21.8 Å². The molecule has 0 aromatic carbocycles. The number of ether oxygens (including phenoxy) is 1. The smallest absolute Gasteiger partial charge is 0.337 e. The number of nitro groups is 1. The van der Waals surface area contributed by atoms with Gasteiger partial charge in [0.2, 0.25) is 5.95 Å². The zero-order valence-corrected chi connectivity index (χ0v) is 10.6. The fourth-order valence-corrected chi connectivity index (χ4v) is 1.93. The van der Waals surface area contributed by atoms with E-state index >= 15 is 0 Å². The summed E-state index contributed by atoms with van der Waals surface area (Å²) in [6.07, 6.45) is 0. The number of carbonyl (C=O) groups is 1. The minimum absolute atomic E-state index is 0.0993. The van der Waals surface area contributed by atoms with Gasteiger partial charge < -0.3 is 4.74 Å². The molecule has 0 atom stereocenters. The number of hydrogen-bond donors (Lipinski definition) is 2. The van der Waals surface area contributed by atoms with Crippen molar-refractivity contribution in [2.75, 3.05) is 11.9 Å². The molecule has 100 valence electrons. The van der Waals surface area contributed by atoms with E-state index in [1.807, 2.05) is 0 Å². The van der Waals surface area contributed by atoms with Crippen LogP contribution >= 0.6 is 11.3 Å². The molecule has 0 aliphatic carbocycles. The summed E-state index contributed by atoms with van der Waals surface area (Å²) in [7, 11) is 0. The molecule has 2 heterocycles. The van der Waals surface area contributed by atoms with Crippen molar-refractivity contribution in [2.45, 2.75) is 6.92 Å². The molecule has 0 aliphatic heterocycles. The van der Waals surface area contributed by atoms with Crippen LogP contribution in [0, 0.1) is 10.1 Å². The zero-order chi connectivity index (χ0) is 13.8. The van der Waals surface area contributed by atoms with Crippen molar-refractivity contribution < 1.29 is 14.5 Å². The molecule has 19 heavy (non-hydrogen) atoms. The van der Waals surface area contributed by atoms with Crippen LogP contribution in [0.15, 0.2) is 12.1 Å². The van der Waals surface area contributed by atoms with Crippen molar-refractivity contribution in [1.29, 1.82) is 0 Å². The Morgan fingerprint density at radius 2 is 2.42 bits per heavy atom. The Labute approximate surface area is 110 Å². The monoisotopic (exact) mass is 283 g/mol. The lowest BCUT2D eigenvalue weighted by atomic mass is 10.4. The average Bonchev–Trinajstić information content (AvgIpc) is 2.98. The van der Waals surface area contributed by atoms with Crippen LogP contribution in [0.5, 0.6) is 6.01 Å². The van der Waals surface area contributed by atoms with E-state index in [4.69, 9.17) is 4.74 Å². The number of hydrogen-bond acceptors (Lipinski definition) is 7. The van der Waals surface area contributed by atoms with Crippen molar-refractivity contribution in [2.24, 2.45) is 0 Å². The third kappa shape index (κ3) is 3.04. The number of rotatable bonds is 5. The summed E-state index contributed by atoms with van der Waals surface area (Å²) >= 11 is 0.781. The van der Waals surface area contributed by atoms with E-state index in [1.54, 1.807) is 6.92 Å². The summed E-state index contributed by atoms with van der Waals surface area (Å²) in [5.74, 6) is -0.387. The number of nitrogens with one attached hydrogen (secondary N) is 2. The molecule has 1 amide bonds. The third-order valence-electron chi connectivity index (χ3n) is 1.97. The molecule has 0 fully saturated rings. The summed E-state index contributed by atoms with van der Waals surface area (Å²) < 4.78 is 5.02. The van der Waals surface area contributed by atoms with Crippen LogP contribution in [0.25, 0.3) is 0 Å². The molecule has 0 saturated heterocycles. The summed E-state index contributed by atoms with van der Waals surface area (Å²) in [6.45, 7) is 2.18. The Kier molecular flexibility index (Phi) is 3.71. The highest BCUT2D eigenvalue weighted by Gasteiger charge is 2.16. The molecule has 2 aromatic heterocycles. The number of anilines is 1. The number of nitrogens with zero attached hydrogens (tertiary/aromatic N) is 3. The molecule has 0 saturated carbocycles. The molecular weight excluding hydrogens is 274 g/mol. The first-order valence-corrected chi connectivity index (χ1v) is 6.02. The maximum absolute atomic E-state index is 11.8. The molecule has 0 bridgehead atoms. The maximum Gasteiger partial charge on any atom is 0.337 e. The topological polar surface area (TPSA) is 123 Å². The minimum atomic E-state index is -0.552. The van der Waals surface area contributed by atoms with Crippen LogP contribution in [0.3, 0.4) is 0 Å². The normalized spacial score (nSPS) is 10.2. The van der Waals surface area contributed by atoms with Crippen molar-refractivity contribution in [3.8, 4) is 6.01 Å². The van der Waals surface area contributed by atoms with Crippen molar-refractivity contribution in [3.05, 3.63) is 27.1 Å². The van der Waals surface area contributed by atoms with Gasteiger partial charge in [-0.15, -0.1) is 5.10 Å². The van der Waals surface area contributed by atoms with Gasteiger partial charge in [-0.05, 0) is 13.0 Å². The lowest BCUT2D eigenvalue weighted by Crippen LogP contribution is -2.11. The van der Waals surface area contributed by atoms with Crippen molar-refractivity contribution in [3.63, 3.8) is 0 Å². The van der Waals surface area contributed by atoms with Gasteiger partial charge in [0.25, 0.3) is 5.91 Å². The molecule has 0 unspecified atom stereocenters. The summed E-state index contributed by atoms with van der Waals surface area (Å²) in [4.78, 5) is 25.8. The molecule has 2 rings (SSSR count). The van der Waals surface area contributed by atoms with Gasteiger partial charge in [0.1, 0.15) is 0 Å². The van der Waals surface area contributed by atoms with Gasteiger partial charge in [0.15, 0.2) is 0 Å². The van der Waals surface area contributed by atoms with Crippen LogP contribution < -0.4 is 10.1 Å².